The van der Waals surface area contributed by atoms with Gasteiger partial charge in [0, 0.05) is 19.8 Å². The zero-order valence-electron chi connectivity index (χ0n) is 11.8. The van der Waals surface area contributed by atoms with Crippen LogP contribution in [0.15, 0.2) is 22.8 Å². The van der Waals surface area contributed by atoms with E-state index in [9.17, 15) is 5.11 Å². The van der Waals surface area contributed by atoms with Crippen molar-refractivity contribution in [1.29, 1.82) is 0 Å². The van der Waals surface area contributed by atoms with Crippen molar-refractivity contribution in [3.63, 3.8) is 0 Å². The number of hydrogen-bond acceptors (Lipinski definition) is 4. The van der Waals surface area contributed by atoms with Crippen LogP contribution in [-0.2, 0) is 20.0 Å². The number of hydrogen-bond donors (Lipinski definition) is 2. The number of aryl methyl sites for hydroxylation is 2. The molecule has 0 bridgehead atoms. The van der Waals surface area contributed by atoms with Crippen molar-refractivity contribution in [3.05, 3.63) is 34.1 Å². The van der Waals surface area contributed by atoms with Gasteiger partial charge in [-0.2, -0.15) is 5.10 Å². The number of phenols is 1. The van der Waals surface area contributed by atoms with Crippen molar-refractivity contribution in [2.75, 3.05) is 12.4 Å². The zero-order chi connectivity index (χ0) is 14.7. The number of methoxy groups -OCH3 is 1. The number of phenolic OH excluding ortho intramolecular Hbond substituents is 1. The first-order chi connectivity index (χ1) is 9.55. The van der Waals surface area contributed by atoms with Gasteiger partial charge in [-0.1, -0.05) is 6.92 Å². The summed E-state index contributed by atoms with van der Waals surface area (Å²) in [6.07, 6.45) is 2.84. The van der Waals surface area contributed by atoms with E-state index in [0.717, 1.165) is 23.4 Å². The minimum Gasteiger partial charge on any atom is -0.503 e. The summed E-state index contributed by atoms with van der Waals surface area (Å²) < 4.78 is 7.56. The summed E-state index contributed by atoms with van der Waals surface area (Å²) >= 11 is 3.32. The standard InChI is InChI=1S/C14H18BrN3O2/c1-4-11-12(8-18(2)17-11)16-7-9-5-10(15)14(19)13(6-9)20-3/h5-6,8,16,19H,4,7H2,1-3H3. The minimum absolute atomic E-state index is 0.117. The maximum Gasteiger partial charge on any atom is 0.172 e. The molecule has 2 N–H and O–H groups in total. The summed E-state index contributed by atoms with van der Waals surface area (Å²) in [6.45, 7) is 2.71. The number of aromatic nitrogens is 2. The van der Waals surface area contributed by atoms with Crippen LogP contribution in [-0.4, -0.2) is 22.0 Å². The van der Waals surface area contributed by atoms with E-state index >= 15 is 0 Å². The van der Waals surface area contributed by atoms with Crippen molar-refractivity contribution in [3.8, 4) is 11.5 Å². The lowest BCUT2D eigenvalue weighted by Gasteiger charge is -2.10. The van der Waals surface area contributed by atoms with Crippen LogP contribution in [0, 0.1) is 0 Å². The smallest absolute Gasteiger partial charge is 0.172 e. The Morgan fingerprint density at radius 1 is 1.45 bits per heavy atom. The van der Waals surface area contributed by atoms with Gasteiger partial charge in [0.05, 0.1) is 23.0 Å². The molecule has 0 aliphatic carbocycles. The normalized spacial score (nSPS) is 10.6. The van der Waals surface area contributed by atoms with Gasteiger partial charge in [0.15, 0.2) is 11.5 Å². The molecule has 0 radical (unpaired) electrons. The summed E-state index contributed by atoms with van der Waals surface area (Å²) in [4.78, 5) is 0. The summed E-state index contributed by atoms with van der Waals surface area (Å²) in [5.74, 6) is 0.574. The van der Waals surface area contributed by atoms with Crippen molar-refractivity contribution in [2.24, 2.45) is 7.05 Å². The number of halogens is 1. The number of anilines is 1. The van der Waals surface area contributed by atoms with Crippen molar-refractivity contribution in [1.82, 2.24) is 9.78 Å². The van der Waals surface area contributed by atoms with E-state index in [2.05, 4.69) is 33.3 Å². The van der Waals surface area contributed by atoms with Gasteiger partial charge < -0.3 is 15.2 Å². The lowest BCUT2D eigenvalue weighted by atomic mass is 10.2. The minimum atomic E-state index is 0.117. The van der Waals surface area contributed by atoms with Gasteiger partial charge in [0.1, 0.15) is 0 Å². The highest BCUT2D eigenvalue weighted by Crippen LogP contribution is 2.35. The van der Waals surface area contributed by atoms with Gasteiger partial charge >= 0.3 is 0 Å². The Morgan fingerprint density at radius 2 is 2.20 bits per heavy atom. The molecular formula is C14H18BrN3O2. The summed E-state index contributed by atoms with van der Waals surface area (Å²) in [5.41, 5.74) is 3.08. The lowest BCUT2D eigenvalue weighted by molar-refractivity contribution is 0.371. The Morgan fingerprint density at radius 3 is 2.85 bits per heavy atom. The fourth-order valence-corrected chi connectivity index (χ4v) is 2.51. The second-order valence-electron chi connectivity index (χ2n) is 4.50. The second-order valence-corrected chi connectivity index (χ2v) is 5.35. The fraction of sp³-hybridized carbons (Fsp3) is 0.357. The van der Waals surface area contributed by atoms with Crippen LogP contribution in [0.4, 0.5) is 5.69 Å². The topological polar surface area (TPSA) is 59.3 Å². The maximum absolute atomic E-state index is 9.79. The maximum atomic E-state index is 9.79. The van der Waals surface area contributed by atoms with Crippen LogP contribution in [0.2, 0.25) is 0 Å². The number of nitrogens with one attached hydrogen (secondary N) is 1. The Bertz CT molecular complexity index is 611. The molecule has 2 aromatic rings. The zero-order valence-corrected chi connectivity index (χ0v) is 13.4. The Hall–Kier alpha value is -1.69. The SMILES string of the molecule is CCc1nn(C)cc1NCc1cc(Br)c(O)c(OC)c1. The highest BCUT2D eigenvalue weighted by molar-refractivity contribution is 9.10. The molecule has 0 unspecified atom stereocenters. The number of aromatic hydroxyl groups is 1. The molecule has 2 rings (SSSR count). The van der Waals surface area contributed by atoms with Crippen LogP contribution in [0.1, 0.15) is 18.2 Å². The summed E-state index contributed by atoms with van der Waals surface area (Å²) in [6, 6.07) is 3.68. The van der Waals surface area contributed by atoms with Crippen LogP contribution in [0.3, 0.4) is 0 Å². The molecule has 1 heterocycles. The first-order valence-corrected chi connectivity index (χ1v) is 7.16. The first kappa shape index (κ1) is 14.7. The fourth-order valence-electron chi connectivity index (χ4n) is 2.03. The van der Waals surface area contributed by atoms with Gasteiger partial charge in [-0.25, -0.2) is 0 Å². The summed E-state index contributed by atoms with van der Waals surface area (Å²) in [5, 5.41) is 17.5. The molecule has 0 amide bonds. The van der Waals surface area contributed by atoms with Crippen LogP contribution < -0.4 is 10.1 Å². The average Bonchev–Trinajstić information content (AvgIpc) is 2.80. The Balaban J connectivity index is 2.16. The molecule has 0 saturated carbocycles. The van der Waals surface area contributed by atoms with E-state index in [1.54, 1.807) is 4.68 Å². The first-order valence-electron chi connectivity index (χ1n) is 6.37. The molecule has 0 aliphatic rings. The van der Waals surface area contributed by atoms with Crippen molar-refractivity contribution < 1.29 is 9.84 Å². The quantitative estimate of drug-likeness (QED) is 0.878. The van der Waals surface area contributed by atoms with E-state index in [1.807, 2.05) is 25.4 Å². The number of nitrogens with zero attached hydrogens (tertiary/aromatic N) is 2. The Labute approximate surface area is 126 Å². The molecule has 0 saturated heterocycles. The predicted molar refractivity (Wildman–Crippen MR) is 82.3 cm³/mol. The highest BCUT2D eigenvalue weighted by atomic mass is 79.9. The monoisotopic (exact) mass is 339 g/mol. The van der Waals surface area contributed by atoms with E-state index in [4.69, 9.17) is 4.74 Å². The van der Waals surface area contributed by atoms with E-state index in [-0.39, 0.29) is 5.75 Å². The third-order valence-electron chi connectivity index (χ3n) is 3.03. The van der Waals surface area contributed by atoms with Crippen LogP contribution in [0.5, 0.6) is 11.5 Å². The van der Waals surface area contributed by atoms with Crippen LogP contribution >= 0.6 is 15.9 Å². The number of rotatable bonds is 5. The third-order valence-corrected chi connectivity index (χ3v) is 3.64. The molecule has 20 heavy (non-hydrogen) atoms. The van der Waals surface area contributed by atoms with Crippen molar-refractivity contribution in [2.45, 2.75) is 19.9 Å². The molecule has 1 aromatic heterocycles. The van der Waals surface area contributed by atoms with Crippen molar-refractivity contribution >= 4 is 21.6 Å². The molecule has 108 valence electrons. The molecular weight excluding hydrogens is 322 g/mol. The molecule has 1 aromatic carbocycles. The molecule has 0 spiro atoms. The molecule has 0 atom stereocenters. The van der Waals surface area contributed by atoms with E-state index in [1.165, 1.54) is 7.11 Å². The Kier molecular flexibility index (Phi) is 4.54. The van der Waals surface area contributed by atoms with Crippen LogP contribution in [0.25, 0.3) is 0 Å². The molecule has 5 nitrogen and oxygen atoms in total. The highest BCUT2D eigenvalue weighted by Gasteiger charge is 2.10. The molecule has 0 fully saturated rings. The van der Waals surface area contributed by atoms with Gasteiger partial charge in [-0.15, -0.1) is 0 Å². The van der Waals surface area contributed by atoms with Gasteiger partial charge in [0.2, 0.25) is 0 Å². The predicted octanol–water partition coefficient (Wildman–Crippen LogP) is 3.07. The number of benzene rings is 1. The summed E-state index contributed by atoms with van der Waals surface area (Å²) in [7, 11) is 3.44. The number of ether oxygens (including phenoxy) is 1. The van der Waals surface area contributed by atoms with Gasteiger partial charge in [-0.3, -0.25) is 4.68 Å². The second kappa shape index (κ2) is 6.17. The lowest BCUT2D eigenvalue weighted by Crippen LogP contribution is -2.01. The molecule has 6 heteroatoms. The molecule has 0 aliphatic heterocycles. The largest absolute Gasteiger partial charge is 0.503 e. The van der Waals surface area contributed by atoms with E-state index in [0.29, 0.717) is 16.8 Å². The van der Waals surface area contributed by atoms with Gasteiger partial charge in [-0.05, 0) is 40.0 Å². The average molecular weight is 340 g/mol. The van der Waals surface area contributed by atoms with Gasteiger partial charge in [0.25, 0.3) is 0 Å². The third kappa shape index (κ3) is 3.07. The van der Waals surface area contributed by atoms with E-state index < -0.39 is 0 Å².